The van der Waals surface area contributed by atoms with Gasteiger partial charge in [0.1, 0.15) is 5.82 Å². The van der Waals surface area contributed by atoms with E-state index in [0.717, 1.165) is 18.7 Å². The highest BCUT2D eigenvalue weighted by Gasteiger charge is 2.34. The van der Waals surface area contributed by atoms with Crippen LogP contribution in [0.1, 0.15) is 12.5 Å². The maximum Gasteiger partial charge on any atom is 0.306 e. The van der Waals surface area contributed by atoms with Crippen molar-refractivity contribution in [3.8, 4) is 0 Å². The molecule has 1 saturated heterocycles. The Balaban J connectivity index is 1.83. The molecule has 4 heteroatoms. The summed E-state index contributed by atoms with van der Waals surface area (Å²) in [5.41, 5.74) is 0.937. The van der Waals surface area contributed by atoms with Gasteiger partial charge in [-0.15, -0.1) is 0 Å². The van der Waals surface area contributed by atoms with Gasteiger partial charge in [-0.25, -0.2) is 4.39 Å². The average Bonchev–Trinajstić information content (AvgIpc) is 2.22. The Hall–Kier alpha value is -1.42. The molecule has 1 N–H and O–H groups in total. The highest BCUT2D eigenvalue weighted by Crippen LogP contribution is 2.25. The van der Waals surface area contributed by atoms with Crippen LogP contribution in [-0.2, 0) is 11.3 Å². The molecule has 1 fully saturated rings. The van der Waals surface area contributed by atoms with Gasteiger partial charge in [-0.1, -0.05) is 19.1 Å². The first-order valence-electron chi connectivity index (χ1n) is 5.76. The highest BCUT2D eigenvalue weighted by molar-refractivity contribution is 5.70. The minimum absolute atomic E-state index is 0.223. The van der Waals surface area contributed by atoms with Crippen LogP contribution >= 0.6 is 0 Å². The van der Waals surface area contributed by atoms with Crippen LogP contribution < -0.4 is 0 Å². The van der Waals surface area contributed by atoms with Crippen molar-refractivity contribution >= 4 is 5.97 Å². The van der Waals surface area contributed by atoms with Gasteiger partial charge in [0.2, 0.25) is 0 Å². The third-order valence-electron chi connectivity index (χ3n) is 3.38. The Kier molecular flexibility index (Phi) is 3.43. The third-order valence-corrected chi connectivity index (χ3v) is 3.38. The number of halogens is 1. The van der Waals surface area contributed by atoms with Gasteiger partial charge in [0.25, 0.3) is 0 Å². The quantitative estimate of drug-likeness (QED) is 0.870. The van der Waals surface area contributed by atoms with E-state index in [9.17, 15) is 9.18 Å². The smallest absolute Gasteiger partial charge is 0.306 e. The number of carboxylic acids is 1. The maximum absolute atomic E-state index is 13.0. The van der Waals surface area contributed by atoms with Crippen LogP contribution in [0.4, 0.5) is 4.39 Å². The summed E-state index contributed by atoms with van der Waals surface area (Å²) >= 11 is 0. The summed E-state index contributed by atoms with van der Waals surface area (Å²) in [6.45, 7) is 4.00. The first-order valence-corrected chi connectivity index (χ1v) is 5.76. The van der Waals surface area contributed by atoms with E-state index < -0.39 is 5.97 Å². The second kappa shape index (κ2) is 4.84. The van der Waals surface area contributed by atoms with E-state index in [4.69, 9.17) is 5.11 Å². The van der Waals surface area contributed by atoms with E-state index in [1.807, 2.05) is 6.07 Å². The molecule has 0 radical (unpaired) electrons. The Bertz CT molecular complexity index is 416. The fourth-order valence-corrected chi connectivity index (χ4v) is 2.15. The fourth-order valence-electron chi connectivity index (χ4n) is 2.15. The summed E-state index contributed by atoms with van der Waals surface area (Å²) in [7, 11) is 0. The average molecular weight is 237 g/mol. The molecule has 1 aliphatic rings. The molecule has 1 unspecified atom stereocenters. The largest absolute Gasteiger partial charge is 0.481 e. The topological polar surface area (TPSA) is 40.5 Å². The molecule has 3 nitrogen and oxygen atoms in total. The Morgan fingerprint density at radius 1 is 1.59 bits per heavy atom. The van der Waals surface area contributed by atoms with Gasteiger partial charge in [-0.3, -0.25) is 9.69 Å². The Morgan fingerprint density at radius 2 is 2.29 bits per heavy atom. The number of nitrogens with zero attached hydrogens (tertiary/aromatic N) is 1. The van der Waals surface area contributed by atoms with Gasteiger partial charge in [-0.2, -0.15) is 0 Å². The van der Waals surface area contributed by atoms with Crippen LogP contribution in [0.2, 0.25) is 0 Å². The number of hydrogen-bond donors (Lipinski definition) is 1. The molecule has 0 amide bonds. The summed E-state index contributed by atoms with van der Waals surface area (Å²) in [6, 6.07) is 6.53. The van der Waals surface area contributed by atoms with Crippen LogP contribution in [0, 0.1) is 17.7 Å². The van der Waals surface area contributed by atoms with Crippen LogP contribution in [0.25, 0.3) is 0 Å². The SMILES string of the molecule is CC(C(=O)O)C1CN(Cc2cccc(F)c2)C1. The molecular formula is C13H16FNO2. The predicted octanol–water partition coefficient (Wildman–Crippen LogP) is 1.98. The molecule has 0 aliphatic carbocycles. The zero-order chi connectivity index (χ0) is 12.4. The Morgan fingerprint density at radius 3 is 2.88 bits per heavy atom. The number of hydrogen-bond acceptors (Lipinski definition) is 2. The van der Waals surface area contributed by atoms with Crippen molar-refractivity contribution in [2.24, 2.45) is 11.8 Å². The lowest BCUT2D eigenvalue weighted by Gasteiger charge is -2.41. The van der Waals surface area contributed by atoms with Crippen molar-refractivity contribution in [3.63, 3.8) is 0 Å². The van der Waals surface area contributed by atoms with Crippen molar-refractivity contribution < 1.29 is 14.3 Å². The first kappa shape index (κ1) is 12.0. The number of carbonyl (C=O) groups is 1. The van der Waals surface area contributed by atoms with Gasteiger partial charge < -0.3 is 5.11 Å². The lowest BCUT2D eigenvalue weighted by atomic mass is 9.87. The second-order valence-electron chi connectivity index (χ2n) is 4.71. The molecular weight excluding hydrogens is 221 g/mol. The molecule has 2 rings (SSSR count). The van der Waals surface area contributed by atoms with E-state index in [2.05, 4.69) is 4.90 Å². The summed E-state index contributed by atoms with van der Waals surface area (Å²) in [5.74, 6) is -1.03. The van der Waals surface area contributed by atoms with Crippen molar-refractivity contribution in [2.45, 2.75) is 13.5 Å². The number of aliphatic carboxylic acids is 1. The molecule has 1 heterocycles. The molecule has 0 saturated carbocycles. The first-order chi connectivity index (χ1) is 8.06. The molecule has 0 aromatic heterocycles. The van der Waals surface area contributed by atoms with E-state index in [1.165, 1.54) is 12.1 Å². The van der Waals surface area contributed by atoms with Crippen molar-refractivity contribution in [2.75, 3.05) is 13.1 Å². The van der Waals surface area contributed by atoms with Crippen LogP contribution in [0.3, 0.4) is 0 Å². The number of carboxylic acid groups (broad SMARTS) is 1. The Labute approximate surface area is 99.9 Å². The minimum atomic E-state index is -0.736. The van der Waals surface area contributed by atoms with Gasteiger partial charge in [-0.05, 0) is 23.6 Å². The summed E-state index contributed by atoms with van der Waals surface area (Å²) in [4.78, 5) is 12.9. The number of rotatable bonds is 4. The van der Waals surface area contributed by atoms with E-state index in [1.54, 1.807) is 13.0 Å². The lowest BCUT2D eigenvalue weighted by Crippen LogP contribution is -2.50. The minimum Gasteiger partial charge on any atom is -0.481 e. The molecule has 1 aromatic carbocycles. The van der Waals surface area contributed by atoms with Crippen LogP contribution in [0.15, 0.2) is 24.3 Å². The lowest BCUT2D eigenvalue weighted by molar-refractivity contribution is -0.145. The molecule has 1 aromatic rings. The van der Waals surface area contributed by atoms with Gasteiger partial charge in [0, 0.05) is 19.6 Å². The van der Waals surface area contributed by atoms with Gasteiger partial charge in [0.15, 0.2) is 0 Å². The van der Waals surface area contributed by atoms with E-state index in [0.29, 0.717) is 6.54 Å². The zero-order valence-corrected chi connectivity index (χ0v) is 9.77. The van der Waals surface area contributed by atoms with Crippen LogP contribution in [0.5, 0.6) is 0 Å². The molecule has 17 heavy (non-hydrogen) atoms. The second-order valence-corrected chi connectivity index (χ2v) is 4.71. The van der Waals surface area contributed by atoms with Gasteiger partial charge >= 0.3 is 5.97 Å². The normalized spacial score (nSPS) is 18.7. The molecule has 0 bridgehead atoms. The molecule has 92 valence electrons. The third kappa shape index (κ3) is 2.82. The van der Waals surface area contributed by atoms with E-state index >= 15 is 0 Å². The monoisotopic (exact) mass is 237 g/mol. The number of benzene rings is 1. The number of likely N-dealkylation sites (tertiary alicyclic amines) is 1. The van der Waals surface area contributed by atoms with E-state index in [-0.39, 0.29) is 17.7 Å². The van der Waals surface area contributed by atoms with Crippen molar-refractivity contribution in [3.05, 3.63) is 35.6 Å². The maximum atomic E-state index is 13.0. The molecule has 0 spiro atoms. The zero-order valence-electron chi connectivity index (χ0n) is 9.77. The summed E-state index contributed by atoms with van der Waals surface area (Å²) in [5, 5.41) is 8.86. The van der Waals surface area contributed by atoms with Crippen LogP contribution in [-0.4, -0.2) is 29.1 Å². The fraction of sp³-hybridized carbons (Fsp3) is 0.462. The van der Waals surface area contributed by atoms with Crippen molar-refractivity contribution in [1.29, 1.82) is 0 Å². The predicted molar refractivity (Wildman–Crippen MR) is 62.0 cm³/mol. The highest BCUT2D eigenvalue weighted by atomic mass is 19.1. The molecule has 1 atom stereocenters. The summed E-state index contributed by atoms with van der Waals surface area (Å²) < 4.78 is 13.0. The standard InChI is InChI=1S/C13H16FNO2/c1-9(13(16)17)11-7-15(8-11)6-10-3-2-4-12(14)5-10/h2-5,9,11H,6-8H2,1H3,(H,16,17). The summed E-state index contributed by atoms with van der Waals surface area (Å²) in [6.07, 6.45) is 0. The van der Waals surface area contributed by atoms with Gasteiger partial charge in [0.05, 0.1) is 5.92 Å². The van der Waals surface area contributed by atoms with Crippen molar-refractivity contribution in [1.82, 2.24) is 4.90 Å². The molecule has 1 aliphatic heterocycles.